The number of Topliss-reactive ketones (excluding diaryl/α,β-unsaturated/α-hetero) is 1. The number of ketones is 1. The van der Waals surface area contributed by atoms with Crippen molar-refractivity contribution < 1.29 is 13.6 Å². The Bertz CT molecular complexity index is 670. The van der Waals surface area contributed by atoms with Gasteiger partial charge in [-0.2, -0.15) is 0 Å². The molecule has 106 valence electrons. The molecule has 1 aromatic heterocycles. The van der Waals surface area contributed by atoms with Crippen LogP contribution in [-0.4, -0.2) is 20.8 Å². The normalized spacial score (nSPS) is 10.8. The molecule has 2 aromatic rings. The molecule has 0 bridgehead atoms. The number of rotatable bonds is 4. The van der Waals surface area contributed by atoms with Crippen molar-refractivity contribution >= 4 is 21.7 Å². The second-order valence-corrected chi connectivity index (χ2v) is 5.00. The highest BCUT2D eigenvalue weighted by atomic mass is 79.9. The van der Waals surface area contributed by atoms with Gasteiger partial charge in [0.25, 0.3) is 0 Å². The minimum Gasteiger partial charge on any atom is -0.292 e. The molecule has 0 radical (unpaired) electrons. The van der Waals surface area contributed by atoms with E-state index in [1.165, 1.54) is 4.68 Å². The summed E-state index contributed by atoms with van der Waals surface area (Å²) < 4.78 is 28.7. The van der Waals surface area contributed by atoms with Crippen molar-refractivity contribution in [2.75, 3.05) is 0 Å². The fraction of sp³-hybridized carbons (Fsp3) is 0.308. The molecule has 20 heavy (non-hydrogen) atoms. The summed E-state index contributed by atoms with van der Waals surface area (Å²) in [5.74, 6) is -1.43. The average molecular weight is 344 g/mol. The zero-order valence-corrected chi connectivity index (χ0v) is 12.5. The third-order valence-corrected chi connectivity index (χ3v) is 3.51. The molecule has 0 N–H and O–H groups in total. The lowest BCUT2D eigenvalue weighted by Crippen LogP contribution is -2.08. The molecule has 0 aliphatic rings. The second-order valence-electron chi connectivity index (χ2n) is 4.14. The Morgan fingerprint density at radius 3 is 2.60 bits per heavy atom. The maximum Gasteiger partial charge on any atom is 0.184 e. The molecule has 4 nitrogen and oxygen atoms in total. The Balaban J connectivity index is 2.62. The number of hydrogen-bond donors (Lipinski definition) is 0. The van der Waals surface area contributed by atoms with Gasteiger partial charge in [-0.25, -0.2) is 13.5 Å². The molecule has 0 atom stereocenters. The summed E-state index contributed by atoms with van der Waals surface area (Å²) >= 11 is 2.91. The number of nitrogens with zero attached hydrogens (tertiary/aromatic N) is 3. The molecule has 0 fully saturated rings. The molecule has 0 amide bonds. The summed E-state index contributed by atoms with van der Waals surface area (Å²) in [5.41, 5.74) is 0.611. The van der Waals surface area contributed by atoms with Crippen molar-refractivity contribution in [1.29, 1.82) is 0 Å². The van der Waals surface area contributed by atoms with Gasteiger partial charge in [-0.3, -0.25) is 4.79 Å². The van der Waals surface area contributed by atoms with Crippen LogP contribution in [0.2, 0.25) is 0 Å². The van der Waals surface area contributed by atoms with Crippen LogP contribution >= 0.6 is 15.9 Å². The Labute approximate surface area is 122 Å². The minimum atomic E-state index is -0.645. The van der Waals surface area contributed by atoms with Crippen LogP contribution in [0.15, 0.2) is 16.6 Å². The third kappa shape index (κ3) is 2.49. The summed E-state index contributed by atoms with van der Waals surface area (Å²) in [5, 5.41) is 7.57. The van der Waals surface area contributed by atoms with Crippen LogP contribution < -0.4 is 0 Å². The standard InChI is InChI=1S/C13H12BrF2N3O/c1-3-10-13(12(20)4-2)17-18-19(10)11-6-8(15)7(14)5-9(11)16/h5-6H,3-4H2,1-2H3. The number of hydrogen-bond acceptors (Lipinski definition) is 3. The van der Waals surface area contributed by atoms with Crippen molar-refractivity contribution in [1.82, 2.24) is 15.0 Å². The lowest BCUT2D eigenvalue weighted by Gasteiger charge is -2.08. The SMILES string of the molecule is CCC(=O)c1nnn(-c2cc(F)c(Br)cc2F)c1CC. The minimum absolute atomic E-state index is 0.0294. The maximum absolute atomic E-state index is 14.0. The predicted octanol–water partition coefficient (Wildman–Crippen LogP) is 3.46. The van der Waals surface area contributed by atoms with Crippen LogP contribution in [0.1, 0.15) is 36.5 Å². The molecule has 1 heterocycles. The Hall–Kier alpha value is -1.63. The number of benzene rings is 1. The van der Waals surface area contributed by atoms with E-state index >= 15 is 0 Å². The summed E-state index contributed by atoms with van der Waals surface area (Å²) in [4.78, 5) is 11.8. The van der Waals surface area contributed by atoms with E-state index in [9.17, 15) is 13.6 Å². The smallest absolute Gasteiger partial charge is 0.184 e. The molecular weight excluding hydrogens is 332 g/mol. The quantitative estimate of drug-likeness (QED) is 0.630. The third-order valence-electron chi connectivity index (χ3n) is 2.90. The van der Waals surface area contributed by atoms with Crippen molar-refractivity contribution in [2.45, 2.75) is 26.7 Å². The highest BCUT2D eigenvalue weighted by Gasteiger charge is 2.20. The topological polar surface area (TPSA) is 47.8 Å². The molecule has 0 spiro atoms. The molecule has 0 saturated carbocycles. The first-order valence-corrected chi connectivity index (χ1v) is 6.91. The van der Waals surface area contributed by atoms with Gasteiger partial charge in [-0.05, 0) is 28.4 Å². The average Bonchev–Trinajstić information content (AvgIpc) is 2.85. The zero-order valence-electron chi connectivity index (χ0n) is 11.0. The van der Waals surface area contributed by atoms with Crippen molar-refractivity contribution in [3.63, 3.8) is 0 Å². The number of carbonyl (C=O) groups excluding carboxylic acids is 1. The van der Waals surface area contributed by atoms with Gasteiger partial charge in [0.1, 0.15) is 17.3 Å². The van der Waals surface area contributed by atoms with Gasteiger partial charge in [0, 0.05) is 12.5 Å². The van der Waals surface area contributed by atoms with Gasteiger partial charge in [0.15, 0.2) is 11.5 Å². The van der Waals surface area contributed by atoms with Crippen LogP contribution in [0.3, 0.4) is 0 Å². The Morgan fingerprint density at radius 1 is 1.30 bits per heavy atom. The molecule has 7 heteroatoms. The second kappa shape index (κ2) is 5.78. The predicted molar refractivity (Wildman–Crippen MR) is 73.0 cm³/mol. The van der Waals surface area contributed by atoms with Crippen LogP contribution in [0.25, 0.3) is 5.69 Å². The summed E-state index contributed by atoms with van der Waals surface area (Å²) in [6, 6.07) is 2.04. The maximum atomic E-state index is 14.0. The fourth-order valence-corrected chi connectivity index (χ4v) is 2.19. The van der Waals surface area contributed by atoms with E-state index < -0.39 is 11.6 Å². The Morgan fingerprint density at radius 2 is 2.00 bits per heavy atom. The Kier molecular flexibility index (Phi) is 4.27. The first-order chi connectivity index (χ1) is 9.49. The van der Waals surface area contributed by atoms with Gasteiger partial charge >= 0.3 is 0 Å². The molecule has 1 aromatic carbocycles. The molecule has 0 aliphatic carbocycles. The monoisotopic (exact) mass is 343 g/mol. The zero-order chi connectivity index (χ0) is 14.9. The van der Waals surface area contributed by atoms with E-state index in [2.05, 4.69) is 26.2 Å². The lowest BCUT2D eigenvalue weighted by atomic mass is 10.1. The van der Waals surface area contributed by atoms with Crippen LogP contribution in [0, 0.1) is 11.6 Å². The largest absolute Gasteiger partial charge is 0.292 e. The van der Waals surface area contributed by atoms with Crippen molar-refractivity contribution in [3.05, 3.63) is 39.6 Å². The number of halogens is 3. The van der Waals surface area contributed by atoms with E-state index in [4.69, 9.17) is 0 Å². The van der Waals surface area contributed by atoms with E-state index in [1.807, 2.05) is 0 Å². The summed E-state index contributed by atoms with van der Waals surface area (Å²) in [6.45, 7) is 3.51. The fourth-order valence-electron chi connectivity index (χ4n) is 1.87. The van der Waals surface area contributed by atoms with E-state index in [0.29, 0.717) is 12.1 Å². The van der Waals surface area contributed by atoms with Crippen molar-refractivity contribution in [2.24, 2.45) is 0 Å². The number of aromatic nitrogens is 3. The molecular formula is C13H12BrF2N3O. The highest BCUT2D eigenvalue weighted by molar-refractivity contribution is 9.10. The van der Waals surface area contributed by atoms with Gasteiger partial charge in [-0.1, -0.05) is 19.1 Å². The van der Waals surface area contributed by atoms with Gasteiger partial charge in [-0.15, -0.1) is 5.10 Å². The van der Waals surface area contributed by atoms with E-state index in [0.717, 1.165) is 12.1 Å². The lowest BCUT2D eigenvalue weighted by molar-refractivity contribution is 0.0982. The molecule has 0 aliphatic heterocycles. The highest BCUT2D eigenvalue weighted by Crippen LogP contribution is 2.24. The summed E-state index contributed by atoms with van der Waals surface area (Å²) in [6.07, 6.45) is 0.716. The first-order valence-electron chi connectivity index (χ1n) is 6.12. The van der Waals surface area contributed by atoms with Gasteiger partial charge < -0.3 is 0 Å². The molecule has 0 saturated heterocycles. The van der Waals surface area contributed by atoms with E-state index in [-0.39, 0.29) is 28.1 Å². The van der Waals surface area contributed by atoms with E-state index in [1.54, 1.807) is 13.8 Å². The van der Waals surface area contributed by atoms with Gasteiger partial charge in [0.05, 0.1) is 10.2 Å². The first kappa shape index (κ1) is 14.8. The molecule has 0 unspecified atom stereocenters. The summed E-state index contributed by atoms with van der Waals surface area (Å²) in [7, 11) is 0. The van der Waals surface area contributed by atoms with Crippen molar-refractivity contribution in [3.8, 4) is 5.69 Å². The van der Waals surface area contributed by atoms with Gasteiger partial charge in [0.2, 0.25) is 0 Å². The number of carbonyl (C=O) groups is 1. The van der Waals surface area contributed by atoms with Crippen LogP contribution in [0.5, 0.6) is 0 Å². The van der Waals surface area contributed by atoms with Crippen LogP contribution in [-0.2, 0) is 6.42 Å². The van der Waals surface area contributed by atoms with Crippen LogP contribution in [0.4, 0.5) is 8.78 Å². The molecule has 2 rings (SSSR count).